The summed E-state index contributed by atoms with van der Waals surface area (Å²) in [6.07, 6.45) is 1.29. The first kappa shape index (κ1) is 20.4. The molecule has 0 aromatic carbocycles. The predicted octanol–water partition coefficient (Wildman–Crippen LogP) is 0.134. The van der Waals surface area contributed by atoms with Crippen LogP contribution in [0.1, 0.15) is 13.8 Å². The first-order valence-corrected chi connectivity index (χ1v) is 9.74. The van der Waals surface area contributed by atoms with Gasteiger partial charge in [0.2, 0.25) is 15.6 Å². The standard InChI is InChI=1S/C13H15Cl3N6O4S/c1-12(2)8(11(25)26-4-13(14,15)16)22-9(24)7(10(22)27-12)18-6(23)3-21-5-17-19-20-21/h5,7-8,10H,3-4H2,1-2H3,(H,18,23)/t7?,8?,10-/m1/s1. The average Bonchev–Trinajstić information content (AvgIpc) is 3.13. The summed E-state index contributed by atoms with van der Waals surface area (Å²) < 4.78 is 3.92. The fourth-order valence-electron chi connectivity index (χ4n) is 2.98. The van der Waals surface area contributed by atoms with E-state index in [1.807, 2.05) is 13.8 Å². The molecule has 3 atom stereocenters. The zero-order chi connectivity index (χ0) is 20.0. The lowest BCUT2D eigenvalue weighted by Crippen LogP contribution is -2.71. The smallest absolute Gasteiger partial charge is 0.330 e. The van der Waals surface area contributed by atoms with E-state index < -0.39 is 44.5 Å². The van der Waals surface area contributed by atoms with Crippen molar-refractivity contribution in [2.24, 2.45) is 0 Å². The molecule has 2 amide bonds. The van der Waals surface area contributed by atoms with E-state index in [9.17, 15) is 14.4 Å². The number of hydrogen-bond donors (Lipinski definition) is 1. The van der Waals surface area contributed by atoms with Crippen molar-refractivity contribution in [3.63, 3.8) is 0 Å². The first-order valence-electron chi connectivity index (χ1n) is 7.73. The summed E-state index contributed by atoms with van der Waals surface area (Å²) in [6.45, 7) is 3.08. The van der Waals surface area contributed by atoms with Gasteiger partial charge in [-0.3, -0.25) is 9.59 Å². The molecular formula is C13H15Cl3N6O4S. The normalized spacial score (nSPS) is 26.3. The van der Waals surface area contributed by atoms with Crippen molar-refractivity contribution in [2.75, 3.05) is 6.61 Å². The van der Waals surface area contributed by atoms with Crippen LogP contribution in [0.5, 0.6) is 0 Å². The van der Waals surface area contributed by atoms with Crippen molar-refractivity contribution in [3.8, 4) is 0 Å². The highest BCUT2D eigenvalue weighted by Crippen LogP contribution is 2.51. The van der Waals surface area contributed by atoms with Gasteiger partial charge in [0, 0.05) is 4.75 Å². The Balaban J connectivity index is 1.64. The second-order valence-corrected chi connectivity index (χ2v) is 10.8. The minimum atomic E-state index is -1.74. The first-order chi connectivity index (χ1) is 12.5. The average molecular weight is 458 g/mol. The highest BCUT2D eigenvalue weighted by molar-refractivity contribution is 8.01. The monoisotopic (exact) mass is 456 g/mol. The van der Waals surface area contributed by atoms with Crippen LogP contribution in [0.4, 0.5) is 0 Å². The molecule has 1 aromatic heterocycles. The summed E-state index contributed by atoms with van der Waals surface area (Å²) >= 11 is 18.2. The minimum Gasteiger partial charge on any atom is -0.460 e. The van der Waals surface area contributed by atoms with Crippen LogP contribution in [0.3, 0.4) is 0 Å². The fourth-order valence-corrected chi connectivity index (χ4v) is 4.76. The Morgan fingerprint density at radius 1 is 1.41 bits per heavy atom. The number of esters is 1. The third-order valence-electron chi connectivity index (χ3n) is 4.06. The second kappa shape index (κ2) is 7.26. The van der Waals surface area contributed by atoms with Gasteiger partial charge in [-0.05, 0) is 24.3 Å². The molecule has 10 nitrogen and oxygen atoms in total. The molecule has 14 heteroatoms. The molecule has 0 bridgehead atoms. The van der Waals surface area contributed by atoms with E-state index in [2.05, 4.69) is 20.8 Å². The molecule has 148 valence electrons. The number of carbonyl (C=O) groups is 3. The second-order valence-electron chi connectivity index (χ2n) is 6.54. The zero-order valence-corrected chi connectivity index (χ0v) is 17.2. The van der Waals surface area contributed by atoms with Crippen LogP contribution < -0.4 is 5.32 Å². The minimum absolute atomic E-state index is 0.119. The van der Waals surface area contributed by atoms with E-state index >= 15 is 0 Å². The van der Waals surface area contributed by atoms with Gasteiger partial charge in [0.1, 0.15) is 36.9 Å². The summed E-state index contributed by atoms with van der Waals surface area (Å²) in [5.41, 5.74) is 0. The van der Waals surface area contributed by atoms with Crippen molar-refractivity contribution in [1.82, 2.24) is 30.4 Å². The van der Waals surface area contributed by atoms with Gasteiger partial charge in [-0.25, -0.2) is 9.48 Å². The molecule has 2 saturated heterocycles. The van der Waals surface area contributed by atoms with Crippen molar-refractivity contribution in [2.45, 2.75) is 46.4 Å². The number of tetrazole rings is 1. The quantitative estimate of drug-likeness (QED) is 0.376. The predicted molar refractivity (Wildman–Crippen MR) is 97.1 cm³/mol. The van der Waals surface area contributed by atoms with Gasteiger partial charge in [-0.15, -0.1) is 16.9 Å². The van der Waals surface area contributed by atoms with E-state index in [1.165, 1.54) is 27.7 Å². The summed E-state index contributed by atoms with van der Waals surface area (Å²) in [5, 5.41) is 12.7. The summed E-state index contributed by atoms with van der Waals surface area (Å²) in [4.78, 5) is 38.5. The van der Waals surface area contributed by atoms with Gasteiger partial charge in [0.05, 0.1) is 0 Å². The molecule has 2 aliphatic rings. The Bertz CT molecular complexity index is 756. The van der Waals surface area contributed by atoms with Crippen LogP contribution in [0, 0.1) is 0 Å². The number of rotatable bonds is 5. The van der Waals surface area contributed by atoms with E-state index in [4.69, 9.17) is 39.5 Å². The van der Waals surface area contributed by atoms with Gasteiger partial charge in [0.15, 0.2) is 0 Å². The van der Waals surface area contributed by atoms with Gasteiger partial charge in [-0.2, -0.15) is 0 Å². The summed E-state index contributed by atoms with van der Waals surface area (Å²) in [7, 11) is 0. The number of β-lactam (4-membered cyclic amide) rings is 1. The highest BCUT2D eigenvalue weighted by atomic mass is 35.6. The number of carbonyl (C=O) groups excluding carboxylic acids is 3. The third kappa shape index (κ3) is 4.25. The molecule has 2 aliphatic heterocycles. The van der Waals surface area contributed by atoms with E-state index in [1.54, 1.807) is 0 Å². The lowest BCUT2D eigenvalue weighted by Gasteiger charge is -2.43. The SMILES string of the molecule is CC1(C)S[C@@H]2C(NC(=O)Cn3cnnn3)C(=O)N2C1C(=O)OCC(Cl)(Cl)Cl. The maximum Gasteiger partial charge on any atom is 0.330 e. The van der Waals surface area contributed by atoms with Crippen LogP contribution in [-0.2, 0) is 25.7 Å². The van der Waals surface area contributed by atoms with Crippen LogP contribution >= 0.6 is 46.6 Å². The number of nitrogens with zero attached hydrogens (tertiary/aromatic N) is 5. The molecule has 3 rings (SSSR count). The van der Waals surface area contributed by atoms with E-state index in [-0.39, 0.29) is 12.5 Å². The molecule has 0 saturated carbocycles. The third-order valence-corrected chi connectivity index (χ3v) is 5.95. The number of aromatic nitrogens is 4. The van der Waals surface area contributed by atoms with Gasteiger partial charge >= 0.3 is 5.97 Å². The highest BCUT2D eigenvalue weighted by Gasteiger charge is 2.64. The molecule has 0 aliphatic carbocycles. The van der Waals surface area contributed by atoms with Crippen molar-refractivity contribution in [3.05, 3.63) is 6.33 Å². The van der Waals surface area contributed by atoms with Gasteiger partial charge in [0.25, 0.3) is 0 Å². The molecule has 1 N–H and O–H groups in total. The summed E-state index contributed by atoms with van der Waals surface area (Å²) in [6, 6.07) is -1.59. The maximum absolute atomic E-state index is 12.5. The number of fused-ring (bicyclic) bond motifs is 1. The summed E-state index contributed by atoms with van der Waals surface area (Å²) in [5.74, 6) is -1.45. The zero-order valence-electron chi connectivity index (χ0n) is 14.1. The molecule has 2 unspecified atom stereocenters. The Morgan fingerprint density at radius 2 is 2.11 bits per heavy atom. The molecule has 2 fully saturated rings. The van der Waals surface area contributed by atoms with Crippen LogP contribution in [-0.4, -0.2) is 75.5 Å². The van der Waals surface area contributed by atoms with Crippen molar-refractivity contribution < 1.29 is 19.1 Å². The Morgan fingerprint density at radius 3 is 2.70 bits per heavy atom. The molecule has 0 radical (unpaired) electrons. The van der Waals surface area contributed by atoms with Crippen molar-refractivity contribution in [1.29, 1.82) is 0 Å². The molecule has 1 aromatic rings. The fraction of sp³-hybridized carbons (Fsp3) is 0.692. The van der Waals surface area contributed by atoms with Crippen molar-refractivity contribution >= 4 is 64.3 Å². The van der Waals surface area contributed by atoms with Gasteiger partial charge in [-0.1, -0.05) is 34.8 Å². The number of thioether (sulfide) groups is 1. The number of amides is 2. The largest absolute Gasteiger partial charge is 0.460 e. The Labute approximate surface area is 173 Å². The van der Waals surface area contributed by atoms with Gasteiger partial charge < -0.3 is 15.0 Å². The Hall–Kier alpha value is -1.30. The molecule has 3 heterocycles. The Kier molecular flexibility index (Phi) is 5.50. The molecule has 27 heavy (non-hydrogen) atoms. The van der Waals surface area contributed by atoms with Crippen LogP contribution in [0.15, 0.2) is 6.33 Å². The van der Waals surface area contributed by atoms with Crippen LogP contribution in [0.2, 0.25) is 0 Å². The number of halogens is 3. The van der Waals surface area contributed by atoms with E-state index in [0.29, 0.717) is 0 Å². The van der Waals surface area contributed by atoms with E-state index in [0.717, 1.165) is 0 Å². The lowest BCUT2D eigenvalue weighted by atomic mass is 9.96. The van der Waals surface area contributed by atoms with Crippen LogP contribution in [0.25, 0.3) is 0 Å². The number of hydrogen-bond acceptors (Lipinski definition) is 8. The number of ether oxygens (including phenoxy) is 1. The molecule has 0 spiro atoms. The lowest BCUT2D eigenvalue weighted by molar-refractivity contribution is -0.164. The number of alkyl halides is 3. The number of nitrogens with one attached hydrogen (secondary N) is 1. The topological polar surface area (TPSA) is 119 Å². The molecular weight excluding hydrogens is 443 g/mol. The maximum atomic E-state index is 12.5.